The van der Waals surface area contributed by atoms with Gasteiger partial charge in [0.05, 0.1) is 4.90 Å². The molecule has 0 saturated carbocycles. The summed E-state index contributed by atoms with van der Waals surface area (Å²) in [5, 5.41) is 3.40. The molecule has 2 aromatic rings. The van der Waals surface area contributed by atoms with Crippen molar-refractivity contribution in [1.29, 1.82) is 0 Å². The van der Waals surface area contributed by atoms with E-state index < -0.39 is 10.0 Å². The fourth-order valence-corrected chi connectivity index (χ4v) is 5.03. The maximum Gasteiger partial charge on any atom is 0.317 e. The molecule has 0 spiro atoms. The Morgan fingerprint density at radius 3 is 2.41 bits per heavy atom. The summed E-state index contributed by atoms with van der Waals surface area (Å²) < 4.78 is 26.9. The van der Waals surface area contributed by atoms with Gasteiger partial charge in [0.2, 0.25) is 10.0 Å². The van der Waals surface area contributed by atoms with Crippen molar-refractivity contribution in [2.75, 3.05) is 26.2 Å². The van der Waals surface area contributed by atoms with Gasteiger partial charge in [0.15, 0.2) is 0 Å². The van der Waals surface area contributed by atoms with Gasteiger partial charge in [-0.1, -0.05) is 48.0 Å². The highest BCUT2D eigenvalue weighted by molar-refractivity contribution is 7.89. The van der Waals surface area contributed by atoms with Crippen LogP contribution in [0.1, 0.15) is 18.9 Å². The molecule has 29 heavy (non-hydrogen) atoms. The lowest BCUT2D eigenvalue weighted by molar-refractivity contribution is 0.169. The van der Waals surface area contributed by atoms with Gasteiger partial charge in [0, 0.05) is 37.2 Å². The first kappa shape index (κ1) is 21.6. The molecule has 1 aliphatic heterocycles. The van der Waals surface area contributed by atoms with Crippen molar-refractivity contribution in [3.05, 3.63) is 65.2 Å². The number of piperazine rings is 1. The van der Waals surface area contributed by atoms with Crippen molar-refractivity contribution in [3.8, 4) is 0 Å². The number of hydrogen-bond acceptors (Lipinski definition) is 3. The van der Waals surface area contributed by atoms with Gasteiger partial charge in [-0.15, -0.1) is 0 Å². The number of halogens is 1. The molecule has 1 N–H and O–H groups in total. The minimum atomic E-state index is -3.61. The zero-order chi connectivity index (χ0) is 20.9. The number of nitrogens with one attached hydrogen (secondary N) is 1. The number of aryl methyl sites for hydroxylation is 1. The molecule has 1 unspecified atom stereocenters. The van der Waals surface area contributed by atoms with Crippen molar-refractivity contribution >= 4 is 27.7 Å². The number of carbonyl (C=O) groups excluding carboxylic acids is 1. The van der Waals surface area contributed by atoms with Gasteiger partial charge >= 0.3 is 6.03 Å². The highest BCUT2D eigenvalue weighted by Gasteiger charge is 2.30. The van der Waals surface area contributed by atoms with Gasteiger partial charge in [-0.2, -0.15) is 4.31 Å². The normalized spacial score (nSPS) is 16.4. The van der Waals surface area contributed by atoms with Crippen LogP contribution < -0.4 is 5.32 Å². The molecule has 0 aromatic heterocycles. The van der Waals surface area contributed by atoms with Crippen molar-refractivity contribution in [3.63, 3.8) is 0 Å². The quantitative estimate of drug-likeness (QED) is 0.756. The second kappa shape index (κ2) is 9.61. The van der Waals surface area contributed by atoms with E-state index in [1.54, 1.807) is 17.0 Å². The molecule has 1 saturated heterocycles. The summed E-state index contributed by atoms with van der Waals surface area (Å²) in [7, 11) is -3.61. The predicted molar refractivity (Wildman–Crippen MR) is 115 cm³/mol. The van der Waals surface area contributed by atoms with E-state index in [1.807, 2.05) is 25.1 Å². The van der Waals surface area contributed by atoms with Crippen LogP contribution in [0.2, 0.25) is 5.02 Å². The van der Waals surface area contributed by atoms with E-state index in [1.165, 1.54) is 22.0 Å². The lowest BCUT2D eigenvalue weighted by atomic mass is 10.1. The smallest absolute Gasteiger partial charge is 0.317 e. The molecule has 2 amide bonds. The molecule has 8 heteroatoms. The first-order valence-corrected chi connectivity index (χ1v) is 11.5. The standard InChI is InChI=1S/C21H26ClN3O3S/c1-17(10-11-18-6-3-2-4-7-18)23-21(26)24-12-14-25(15-13-24)29(27,28)20-9-5-8-19(22)16-20/h2-9,16-17H,10-15H2,1H3,(H,23,26). The number of urea groups is 1. The Morgan fingerprint density at radius 1 is 1.07 bits per heavy atom. The summed E-state index contributed by atoms with van der Waals surface area (Å²) in [5.41, 5.74) is 1.24. The third kappa shape index (κ3) is 5.72. The maximum absolute atomic E-state index is 12.8. The Morgan fingerprint density at radius 2 is 1.76 bits per heavy atom. The fraction of sp³-hybridized carbons (Fsp3) is 0.381. The molecule has 156 valence electrons. The summed E-state index contributed by atoms with van der Waals surface area (Å²) in [6.07, 6.45) is 1.74. The molecule has 0 bridgehead atoms. The molecule has 1 heterocycles. The van der Waals surface area contributed by atoms with E-state index in [-0.39, 0.29) is 30.1 Å². The summed E-state index contributed by atoms with van der Waals surface area (Å²) in [6.45, 7) is 3.23. The Kier molecular flexibility index (Phi) is 7.16. The Bertz CT molecular complexity index is 929. The fourth-order valence-electron chi connectivity index (χ4n) is 3.31. The van der Waals surface area contributed by atoms with Crippen molar-refractivity contribution in [2.45, 2.75) is 30.7 Å². The third-order valence-corrected chi connectivity index (χ3v) is 7.17. The Labute approximate surface area is 177 Å². The third-order valence-electron chi connectivity index (χ3n) is 5.04. The van der Waals surface area contributed by atoms with Crippen LogP contribution in [0.15, 0.2) is 59.5 Å². The van der Waals surface area contributed by atoms with Gasteiger partial charge in [-0.05, 0) is 43.5 Å². The SMILES string of the molecule is CC(CCc1ccccc1)NC(=O)N1CCN(S(=O)(=O)c2cccc(Cl)c2)CC1. The van der Waals surface area contributed by atoms with E-state index in [2.05, 4.69) is 17.4 Å². The number of benzene rings is 2. The molecular formula is C21H26ClN3O3S. The van der Waals surface area contributed by atoms with E-state index in [4.69, 9.17) is 11.6 Å². The highest BCUT2D eigenvalue weighted by atomic mass is 35.5. The number of nitrogens with zero attached hydrogens (tertiary/aromatic N) is 2. The number of amides is 2. The molecule has 6 nitrogen and oxygen atoms in total. The molecule has 1 fully saturated rings. The van der Waals surface area contributed by atoms with Gasteiger partial charge in [0.1, 0.15) is 0 Å². The molecule has 2 aromatic carbocycles. The summed E-state index contributed by atoms with van der Waals surface area (Å²) in [5.74, 6) is 0. The molecular weight excluding hydrogens is 410 g/mol. The van der Waals surface area contributed by atoms with Crippen LogP contribution in [0.25, 0.3) is 0 Å². The van der Waals surface area contributed by atoms with Gasteiger partial charge in [-0.25, -0.2) is 13.2 Å². The second-order valence-corrected chi connectivity index (χ2v) is 9.60. The zero-order valence-electron chi connectivity index (χ0n) is 16.4. The Balaban J connectivity index is 1.49. The van der Waals surface area contributed by atoms with Crippen LogP contribution in [0, 0.1) is 0 Å². The number of carbonyl (C=O) groups is 1. The highest BCUT2D eigenvalue weighted by Crippen LogP contribution is 2.21. The topological polar surface area (TPSA) is 69.7 Å². The van der Waals surface area contributed by atoms with E-state index in [9.17, 15) is 13.2 Å². The monoisotopic (exact) mass is 435 g/mol. The zero-order valence-corrected chi connectivity index (χ0v) is 18.0. The van der Waals surface area contributed by atoms with Crippen LogP contribution in [0.3, 0.4) is 0 Å². The molecule has 1 atom stereocenters. The number of hydrogen-bond donors (Lipinski definition) is 1. The molecule has 1 aliphatic rings. The van der Waals surface area contributed by atoms with Crippen LogP contribution in [-0.4, -0.2) is 55.9 Å². The summed E-state index contributed by atoms with van der Waals surface area (Å²) in [6, 6.07) is 16.3. The predicted octanol–water partition coefficient (Wildman–Crippen LogP) is 3.38. The average molecular weight is 436 g/mol. The minimum Gasteiger partial charge on any atom is -0.336 e. The largest absolute Gasteiger partial charge is 0.336 e. The van der Waals surface area contributed by atoms with Crippen LogP contribution in [0.4, 0.5) is 4.79 Å². The van der Waals surface area contributed by atoms with Crippen LogP contribution in [-0.2, 0) is 16.4 Å². The first-order valence-electron chi connectivity index (χ1n) is 9.71. The van der Waals surface area contributed by atoms with E-state index in [0.29, 0.717) is 18.1 Å². The van der Waals surface area contributed by atoms with Gasteiger partial charge in [-0.3, -0.25) is 0 Å². The molecule has 0 radical (unpaired) electrons. The molecule has 3 rings (SSSR count). The summed E-state index contributed by atoms with van der Waals surface area (Å²) >= 11 is 5.92. The van der Waals surface area contributed by atoms with Gasteiger partial charge in [0.25, 0.3) is 0 Å². The maximum atomic E-state index is 12.8. The second-order valence-electron chi connectivity index (χ2n) is 7.22. The molecule has 0 aliphatic carbocycles. The summed E-state index contributed by atoms with van der Waals surface area (Å²) in [4.78, 5) is 14.4. The minimum absolute atomic E-state index is 0.0379. The Hall–Kier alpha value is -2.09. The van der Waals surface area contributed by atoms with Gasteiger partial charge < -0.3 is 10.2 Å². The van der Waals surface area contributed by atoms with E-state index >= 15 is 0 Å². The van der Waals surface area contributed by atoms with Crippen LogP contribution >= 0.6 is 11.6 Å². The average Bonchev–Trinajstić information content (AvgIpc) is 2.73. The lowest BCUT2D eigenvalue weighted by Gasteiger charge is -2.34. The van der Waals surface area contributed by atoms with Crippen molar-refractivity contribution < 1.29 is 13.2 Å². The lowest BCUT2D eigenvalue weighted by Crippen LogP contribution is -2.54. The number of sulfonamides is 1. The van der Waals surface area contributed by atoms with E-state index in [0.717, 1.165) is 12.8 Å². The number of rotatable bonds is 6. The van der Waals surface area contributed by atoms with Crippen LogP contribution in [0.5, 0.6) is 0 Å². The van der Waals surface area contributed by atoms with Crippen molar-refractivity contribution in [1.82, 2.24) is 14.5 Å². The van der Waals surface area contributed by atoms with Crippen molar-refractivity contribution in [2.24, 2.45) is 0 Å². The first-order chi connectivity index (χ1) is 13.9.